The van der Waals surface area contributed by atoms with Crippen LogP contribution in [0.1, 0.15) is 21.5 Å². The van der Waals surface area contributed by atoms with E-state index in [1.165, 1.54) is 30.3 Å². The highest BCUT2D eigenvalue weighted by molar-refractivity contribution is 6.22. The second kappa shape index (κ2) is 4.20. The van der Waals surface area contributed by atoms with Crippen molar-refractivity contribution in [2.45, 2.75) is 6.92 Å². The molecule has 104 valence electrons. The lowest BCUT2D eigenvalue weighted by Crippen LogP contribution is -1.98. The van der Waals surface area contributed by atoms with Crippen LogP contribution in [-0.2, 0) is 0 Å². The molecule has 0 saturated heterocycles. The third-order valence-corrected chi connectivity index (χ3v) is 3.50. The van der Waals surface area contributed by atoms with Crippen LogP contribution in [0, 0.1) is 27.2 Å². The molecule has 0 aliphatic heterocycles. The van der Waals surface area contributed by atoms with Crippen LogP contribution in [0.2, 0.25) is 0 Å². The van der Waals surface area contributed by atoms with Gasteiger partial charge in [-0.15, -0.1) is 0 Å². The Kier molecular flexibility index (Phi) is 2.59. The molecule has 0 aromatic heterocycles. The van der Waals surface area contributed by atoms with Crippen molar-refractivity contribution in [3.05, 3.63) is 67.3 Å². The number of hydrogen-bond donors (Lipinski definition) is 0. The highest BCUT2D eigenvalue weighted by atomic mass is 16.6. The summed E-state index contributed by atoms with van der Waals surface area (Å²) in [5, 5.41) is 21.7. The zero-order valence-corrected chi connectivity index (χ0v) is 10.8. The molecule has 0 spiro atoms. The summed E-state index contributed by atoms with van der Waals surface area (Å²) in [6.45, 7) is 1.68. The topological polar surface area (TPSA) is 103 Å². The van der Waals surface area contributed by atoms with Gasteiger partial charge < -0.3 is 0 Å². The Hall–Kier alpha value is -3.09. The van der Waals surface area contributed by atoms with E-state index in [0.717, 1.165) is 0 Å². The summed E-state index contributed by atoms with van der Waals surface area (Å²) < 4.78 is 0. The molecule has 1 aliphatic carbocycles. The monoisotopic (exact) mass is 284 g/mol. The number of non-ortho nitro benzene ring substituents is 2. The average Bonchev–Trinajstić information content (AvgIpc) is 2.72. The van der Waals surface area contributed by atoms with Crippen molar-refractivity contribution in [2.24, 2.45) is 0 Å². The number of nitro benzene ring substituents is 2. The van der Waals surface area contributed by atoms with Gasteiger partial charge in [-0.05, 0) is 29.7 Å². The van der Waals surface area contributed by atoms with Gasteiger partial charge in [-0.25, -0.2) is 0 Å². The van der Waals surface area contributed by atoms with Crippen molar-refractivity contribution in [1.29, 1.82) is 0 Å². The Balaban J connectivity index is 2.28. The Morgan fingerprint density at radius 3 is 2.10 bits per heavy atom. The van der Waals surface area contributed by atoms with Crippen LogP contribution in [0.25, 0.3) is 11.1 Å². The van der Waals surface area contributed by atoms with Crippen molar-refractivity contribution in [2.75, 3.05) is 0 Å². The number of hydrogen-bond acceptors (Lipinski definition) is 5. The van der Waals surface area contributed by atoms with Crippen LogP contribution in [0.5, 0.6) is 0 Å². The predicted octanol–water partition coefficient (Wildman–Crippen LogP) is 3.02. The normalized spacial score (nSPS) is 12.0. The zero-order chi connectivity index (χ0) is 15.3. The van der Waals surface area contributed by atoms with Crippen LogP contribution in [0.3, 0.4) is 0 Å². The predicted molar refractivity (Wildman–Crippen MR) is 73.4 cm³/mol. The van der Waals surface area contributed by atoms with Gasteiger partial charge in [0.25, 0.3) is 11.4 Å². The molecule has 0 fully saturated rings. The molecule has 1 aliphatic rings. The van der Waals surface area contributed by atoms with Crippen LogP contribution in [-0.4, -0.2) is 15.6 Å². The van der Waals surface area contributed by atoms with Gasteiger partial charge in [0.15, 0.2) is 5.78 Å². The van der Waals surface area contributed by atoms with E-state index in [2.05, 4.69) is 0 Å². The summed E-state index contributed by atoms with van der Waals surface area (Å²) in [6, 6.07) is 6.65. The molecule has 0 heterocycles. The maximum absolute atomic E-state index is 12.3. The summed E-state index contributed by atoms with van der Waals surface area (Å²) >= 11 is 0. The number of nitrogens with zero attached hydrogens (tertiary/aromatic N) is 2. The lowest BCUT2D eigenvalue weighted by molar-refractivity contribution is -0.385. The van der Waals surface area contributed by atoms with Crippen molar-refractivity contribution < 1.29 is 14.6 Å². The second-order valence-electron chi connectivity index (χ2n) is 4.76. The molecule has 7 nitrogen and oxygen atoms in total. The average molecular weight is 284 g/mol. The summed E-state index contributed by atoms with van der Waals surface area (Å²) in [5.41, 5.74) is 1.87. The van der Waals surface area contributed by atoms with E-state index in [-0.39, 0.29) is 22.5 Å². The van der Waals surface area contributed by atoms with Crippen LogP contribution >= 0.6 is 0 Å². The smallest absolute Gasteiger partial charge is 0.270 e. The lowest BCUT2D eigenvalue weighted by atomic mass is 9.99. The highest BCUT2D eigenvalue weighted by Gasteiger charge is 2.31. The van der Waals surface area contributed by atoms with Crippen molar-refractivity contribution in [3.63, 3.8) is 0 Å². The van der Waals surface area contributed by atoms with Gasteiger partial charge in [-0.2, -0.15) is 0 Å². The van der Waals surface area contributed by atoms with E-state index in [1.54, 1.807) is 6.92 Å². The first-order chi connectivity index (χ1) is 9.90. The quantitative estimate of drug-likeness (QED) is 0.531. The molecule has 0 atom stereocenters. The van der Waals surface area contributed by atoms with E-state index in [4.69, 9.17) is 0 Å². The van der Waals surface area contributed by atoms with Gasteiger partial charge >= 0.3 is 0 Å². The van der Waals surface area contributed by atoms with Gasteiger partial charge in [0.2, 0.25) is 0 Å². The molecule has 21 heavy (non-hydrogen) atoms. The van der Waals surface area contributed by atoms with Crippen molar-refractivity contribution in [3.8, 4) is 11.1 Å². The molecule has 2 aromatic rings. The first-order valence-electron chi connectivity index (χ1n) is 6.02. The van der Waals surface area contributed by atoms with E-state index < -0.39 is 15.6 Å². The van der Waals surface area contributed by atoms with Crippen LogP contribution < -0.4 is 0 Å². The number of ketones is 1. The van der Waals surface area contributed by atoms with Crippen LogP contribution in [0.15, 0.2) is 30.3 Å². The SMILES string of the molecule is Cc1cc([N+](=O)[O-])cc2c1-c1ccc([N+](=O)[O-])cc1C2=O. The lowest BCUT2D eigenvalue weighted by Gasteiger charge is -2.04. The number of carbonyl (C=O) groups is 1. The number of rotatable bonds is 2. The Morgan fingerprint density at radius 1 is 0.857 bits per heavy atom. The summed E-state index contributed by atoms with van der Waals surface area (Å²) in [5.74, 6) is -0.421. The number of carbonyl (C=O) groups excluding carboxylic acids is 1. The highest BCUT2D eigenvalue weighted by Crippen LogP contribution is 2.41. The third kappa shape index (κ3) is 1.78. The molecule has 0 bridgehead atoms. The van der Waals surface area contributed by atoms with Crippen LogP contribution in [0.4, 0.5) is 11.4 Å². The first kappa shape index (κ1) is 12.9. The minimum Gasteiger partial charge on any atom is -0.289 e. The largest absolute Gasteiger partial charge is 0.289 e. The molecule has 0 N–H and O–H groups in total. The Morgan fingerprint density at radius 2 is 1.48 bits per heavy atom. The van der Waals surface area contributed by atoms with E-state index >= 15 is 0 Å². The fourth-order valence-electron chi connectivity index (χ4n) is 2.61. The van der Waals surface area contributed by atoms with E-state index in [0.29, 0.717) is 16.7 Å². The van der Waals surface area contributed by atoms with Gasteiger partial charge in [0.05, 0.1) is 9.85 Å². The fraction of sp³-hybridized carbons (Fsp3) is 0.0714. The molecular formula is C14H8N2O5. The minimum atomic E-state index is -0.578. The Labute approximate surface area is 118 Å². The van der Waals surface area contributed by atoms with E-state index in [1.807, 2.05) is 0 Å². The summed E-state index contributed by atoms with van der Waals surface area (Å²) in [4.78, 5) is 32.9. The number of benzene rings is 2. The van der Waals surface area contributed by atoms with Gasteiger partial charge in [0, 0.05) is 35.4 Å². The maximum Gasteiger partial charge on any atom is 0.270 e. The fourth-order valence-corrected chi connectivity index (χ4v) is 2.61. The van der Waals surface area contributed by atoms with Gasteiger partial charge in [-0.1, -0.05) is 0 Å². The molecule has 0 amide bonds. The molecule has 3 rings (SSSR count). The molecule has 0 saturated carbocycles. The molecule has 2 aromatic carbocycles. The summed E-state index contributed by atoms with van der Waals surface area (Å²) in [7, 11) is 0. The molecule has 0 unspecified atom stereocenters. The van der Waals surface area contributed by atoms with Gasteiger partial charge in [0.1, 0.15) is 0 Å². The third-order valence-electron chi connectivity index (χ3n) is 3.50. The van der Waals surface area contributed by atoms with Gasteiger partial charge in [-0.3, -0.25) is 25.0 Å². The zero-order valence-electron chi connectivity index (χ0n) is 10.8. The van der Waals surface area contributed by atoms with Crippen molar-refractivity contribution >= 4 is 17.2 Å². The minimum absolute atomic E-state index is 0.165. The Bertz CT molecular complexity index is 841. The molecule has 0 radical (unpaired) electrons. The standard InChI is InChI=1S/C14H8N2O5/c1-7-4-9(16(20)21)6-12-13(7)10-3-2-8(15(18)19)5-11(10)14(12)17/h2-6H,1H3. The molecular weight excluding hydrogens is 276 g/mol. The number of aryl methyl sites for hydroxylation is 1. The van der Waals surface area contributed by atoms with E-state index in [9.17, 15) is 25.0 Å². The number of nitro groups is 2. The number of fused-ring (bicyclic) bond motifs is 3. The summed E-state index contributed by atoms with van der Waals surface area (Å²) in [6.07, 6.45) is 0. The second-order valence-corrected chi connectivity index (χ2v) is 4.76. The maximum atomic E-state index is 12.3. The molecule has 7 heteroatoms. The first-order valence-corrected chi connectivity index (χ1v) is 6.02. The van der Waals surface area contributed by atoms with Crippen molar-refractivity contribution in [1.82, 2.24) is 0 Å².